The summed E-state index contributed by atoms with van der Waals surface area (Å²) in [7, 11) is 1.46. The maximum absolute atomic E-state index is 13.0. The van der Waals surface area contributed by atoms with Crippen LogP contribution in [0, 0.1) is 11.8 Å². The smallest absolute Gasteiger partial charge is 0.246 e. The summed E-state index contributed by atoms with van der Waals surface area (Å²) in [6.45, 7) is 5.61. The summed E-state index contributed by atoms with van der Waals surface area (Å²) in [4.78, 5) is 26.7. The van der Waals surface area contributed by atoms with E-state index in [1.165, 1.54) is 12.7 Å². The topological polar surface area (TPSA) is 84.7 Å². The molecule has 0 unspecified atom stereocenters. The van der Waals surface area contributed by atoms with Crippen molar-refractivity contribution >= 4 is 11.8 Å². The molecule has 1 aromatic rings. The number of carbonyl (C=O) groups is 2. The van der Waals surface area contributed by atoms with Crippen LogP contribution in [0.1, 0.15) is 25.3 Å². The lowest BCUT2D eigenvalue weighted by Crippen LogP contribution is -2.51. The number of hydrogen-bond acceptors (Lipinski definition) is 4. The zero-order chi connectivity index (χ0) is 18.4. The number of hydrogen-bond donors (Lipinski definition) is 2. The van der Waals surface area contributed by atoms with Gasteiger partial charge in [0, 0.05) is 26.1 Å². The summed E-state index contributed by atoms with van der Waals surface area (Å²) in [5, 5.41) is 2.80. The molecule has 1 fully saturated rings. The molecule has 25 heavy (non-hydrogen) atoms. The molecule has 0 bridgehead atoms. The normalized spacial score (nSPS) is 21.4. The quantitative estimate of drug-likeness (QED) is 0.770. The van der Waals surface area contributed by atoms with Crippen molar-refractivity contribution in [2.45, 2.75) is 25.8 Å². The largest absolute Gasteiger partial charge is 0.375 e. The third-order valence-corrected chi connectivity index (χ3v) is 4.81. The van der Waals surface area contributed by atoms with Crippen molar-refractivity contribution in [3.05, 3.63) is 35.9 Å². The first kappa shape index (κ1) is 19.4. The Kier molecular flexibility index (Phi) is 6.96. The Bertz CT molecular complexity index is 577. The maximum Gasteiger partial charge on any atom is 0.246 e. The van der Waals surface area contributed by atoms with Crippen LogP contribution in [0.4, 0.5) is 0 Å². The van der Waals surface area contributed by atoms with E-state index in [1.54, 1.807) is 0 Å². The van der Waals surface area contributed by atoms with Crippen molar-refractivity contribution in [1.29, 1.82) is 0 Å². The van der Waals surface area contributed by atoms with Crippen LogP contribution in [0.25, 0.3) is 0 Å². The second-order valence-electron chi connectivity index (χ2n) is 6.98. The van der Waals surface area contributed by atoms with Gasteiger partial charge in [0.1, 0.15) is 12.6 Å². The number of amides is 2. The molecule has 1 aliphatic heterocycles. The SMILES string of the molecule is COCC(=O)N[C@H](C(=O)N1C[C@@H](CN)[C@H](c2ccccc2)C1)C(C)C. The molecule has 0 radical (unpaired) electrons. The van der Waals surface area contributed by atoms with E-state index in [4.69, 9.17) is 10.5 Å². The van der Waals surface area contributed by atoms with E-state index >= 15 is 0 Å². The van der Waals surface area contributed by atoms with Gasteiger partial charge in [0.15, 0.2) is 0 Å². The van der Waals surface area contributed by atoms with Crippen LogP contribution in [-0.4, -0.2) is 56.1 Å². The predicted molar refractivity (Wildman–Crippen MR) is 97.0 cm³/mol. The summed E-state index contributed by atoms with van der Waals surface area (Å²) in [6.07, 6.45) is 0. The molecule has 0 spiro atoms. The fourth-order valence-electron chi connectivity index (χ4n) is 3.42. The molecule has 0 aliphatic carbocycles. The number of benzene rings is 1. The number of rotatable bonds is 7. The molecule has 1 saturated heterocycles. The van der Waals surface area contributed by atoms with Gasteiger partial charge in [0.2, 0.25) is 11.8 Å². The Morgan fingerprint density at radius 3 is 2.52 bits per heavy atom. The minimum absolute atomic E-state index is 0.000378. The minimum atomic E-state index is -0.546. The van der Waals surface area contributed by atoms with E-state index in [1.807, 2.05) is 36.9 Å². The highest BCUT2D eigenvalue weighted by atomic mass is 16.5. The first-order valence-corrected chi connectivity index (χ1v) is 8.80. The molecule has 1 aliphatic rings. The Morgan fingerprint density at radius 1 is 1.28 bits per heavy atom. The lowest BCUT2D eigenvalue weighted by Gasteiger charge is -2.27. The third-order valence-electron chi connectivity index (χ3n) is 4.81. The number of carbonyl (C=O) groups excluding carboxylic acids is 2. The third kappa shape index (κ3) is 4.80. The standard InChI is InChI=1S/C19H29N3O3/c1-13(2)18(21-17(23)12-25-3)19(24)22-10-15(9-20)16(11-22)14-7-5-4-6-8-14/h4-8,13,15-16,18H,9-12,20H2,1-3H3,(H,21,23)/t15-,16+,18+/m1/s1. The monoisotopic (exact) mass is 347 g/mol. The van der Waals surface area contributed by atoms with E-state index in [-0.39, 0.29) is 36.2 Å². The highest BCUT2D eigenvalue weighted by Gasteiger charge is 2.38. The van der Waals surface area contributed by atoms with Crippen LogP contribution in [0.2, 0.25) is 0 Å². The predicted octanol–water partition coefficient (Wildman–Crippen LogP) is 0.975. The fraction of sp³-hybridized carbons (Fsp3) is 0.579. The molecule has 2 rings (SSSR count). The molecule has 6 nitrogen and oxygen atoms in total. The summed E-state index contributed by atoms with van der Waals surface area (Å²) in [5.74, 6) is 0.145. The zero-order valence-electron chi connectivity index (χ0n) is 15.3. The summed E-state index contributed by atoms with van der Waals surface area (Å²) in [6, 6.07) is 9.63. The number of methoxy groups -OCH3 is 1. The minimum Gasteiger partial charge on any atom is -0.375 e. The van der Waals surface area contributed by atoms with Crippen LogP contribution in [0.3, 0.4) is 0 Å². The second kappa shape index (κ2) is 8.97. The van der Waals surface area contributed by atoms with Gasteiger partial charge in [-0.1, -0.05) is 44.2 Å². The zero-order valence-corrected chi connectivity index (χ0v) is 15.3. The molecule has 2 amide bonds. The maximum atomic E-state index is 13.0. The molecule has 0 aromatic heterocycles. The Morgan fingerprint density at radius 2 is 1.96 bits per heavy atom. The molecule has 6 heteroatoms. The highest BCUT2D eigenvalue weighted by Crippen LogP contribution is 2.32. The van der Waals surface area contributed by atoms with Gasteiger partial charge in [0.25, 0.3) is 0 Å². The second-order valence-corrected chi connectivity index (χ2v) is 6.98. The molecule has 3 atom stereocenters. The van der Waals surface area contributed by atoms with Crippen molar-refractivity contribution in [1.82, 2.24) is 10.2 Å². The molecule has 0 saturated carbocycles. The van der Waals surface area contributed by atoms with Gasteiger partial charge >= 0.3 is 0 Å². The van der Waals surface area contributed by atoms with Crippen molar-refractivity contribution < 1.29 is 14.3 Å². The Hall–Kier alpha value is -1.92. The van der Waals surface area contributed by atoms with Gasteiger partial charge in [-0.3, -0.25) is 9.59 Å². The highest BCUT2D eigenvalue weighted by molar-refractivity contribution is 5.88. The summed E-state index contributed by atoms with van der Waals surface area (Å²) in [5.41, 5.74) is 7.16. The average molecular weight is 347 g/mol. The molecule has 1 heterocycles. The van der Waals surface area contributed by atoms with Gasteiger partial charge in [-0.2, -0.15) is 0 Å². The Labute approximate surface area is 149 Å². The molecular weight excluding hydrogens is 318 g/mol. The van der Waals surface area contributed by atoms with Gasteiger partial charge in [-0.15, -0.1) is 0 Å². The lowest BCUT2D eigenvalue weighted by molar-refractivity contribution is -0.137. The van der Waals surface area contributed by atoms with Crippen molar-refractivity contribution in [2.24, 2.45) is 17.6 Å². The van der Waals surface area contributed by atoms with Gasteiger partial charge < -0.3 is 20.7 Å². The number of nitrogens with two attached hydrogens (primary N) is 1. The van der Waals surface area contributed by atoms with Crippen LogP contribution in [0.5, 0.6) is 0 Å². The van der Waals surface area contributed by atoms with Crippen LogP contribution < -0.4 is 11.1 Å². The molecular formula is C19H29N3O3. The van der Waals surface area contributed by atoms with Crippen molar-refractivity contribution in [2.75, 3.05) is 33.4 Å². The molecule has 1 aromatic carbocycles. The number of likely N-dealkylation sites (tertiary alicyclic amines) is 1. The Balaban J connectivity index is 2.11. The first-order valence-electron chi connectivity index (χ1n) is 8.80. The van der Waals surface area contributed by atoms with E-state index in [0.717, 1.165) is 0 Å². The number of nitrogens with zero attached hydrogens (tertiary/aromatic N) is 1. The number of nitrogens with one attached hydrogen (secondary N) is 1. The van der Waals surface area contributed by atoms with Gasteiger partial charge in [-0.05, 0) is 23.9 Å². The van der Waals surface area contributed by atoms with Crippen molar-refractivity contribution in [3.63, 3.8) is 0 Å². The van der Waals surface area contributed by atoms with Crippen molar-refractivity contribution in [3.8, 4) is 0 Å². The van der Waals surface area contributed by atoms with E-state index in [9.17, 15) is 9.59 Å². The van der Waals surface area contributed by atoms with Gasteiger partial charge in [-0.25, -0.2) is 0 Å². The lowest BCUT2D eigenvalue weighted by atomic mass is 9.89. The molecule has 3 N–H and O–H groups in total. The molecule has 138 valence electrons. The van der Waals surface area contributed by atoms with E-state index in [2.05, 4.69) is 17.4 Å². The summed E-state index contributed by atoms with van der Waals surface area (Å²) < 4.78 is 4.85. The van der Waals surface area contributed by atoms with Gasteiger partial charge in [0.05, 0.1) is 0 Å². The fourth-order valence-corrected chi connectivity index (χ4v) is 3.42. The average Bonchev–Trinajstić information content (AvgIpc) is 3.04. The van der Waals surface area contributed by atoms with E-state index < -0.39 is 6.04 Å². The van der Waals surface area contributed by atoms with Crippen LogP contribution >= 0.6 is 0 Å². The first-order chi connectivity index (χ1) is 12.0. The van der Waals surface area contributed by atoms with Crippen LogP contribution in [0.15, 0.2) is 30.3 Å². The number of ether oxygens (including phenoxy) is 1. The summed E-state index contributed by atoms with van der Waals surface area (Å²) >= 11 is 0. The van der Waals surface area contributed by atoms with Crippen LogP contribution in [-0.2, 0) is 14.3 Å². The van der Waals surface area contributed by atoms with E-state index in [0.29, 0.717) is 19.6 Å².